The highest BCUT2D eigenvalue weighted by molar-refractivity contribution is 7.99. The first kappa shape index (κ1) is 16.3. The van der Waals surface area contributed by atoms with Crippen LogP contribution in [0.4, 0.5) is 0 Å². The number of rotatable bonds is 6. The van der Waals surface area contributed by atoms with E-state index in [-0.39, 0.29) is 5.25 Å². The summed E-state index contributed by atoms with van der Waals surface area (Å²) in [5.41, 5.74) is 0.932. The summed E-state index contributed by atoms with van der Waals surface area (Å²) in [5.74, 6) is 2.59. The Hall–Kier alpha value is -2.15. The maximum atomic E-state index is 5.87. The topological polar surface area (TPSA) is 69.6 Å². The fourth-order valence-corrected chi connectivity index (χ4v) is 3.70. The zero-order valence-corrected chi connectivity index (χ0v) is 15.4. The molecule has 130 valence electrons. The van der Waals surface area contributed by atoms with E-state index in [4.69, 9.17) is 4.42 Å². The van der Waals surface area contributed by atoms with Gasteiger partial charge in [0.15, 0.2) is 5.16 Å². The molecular weight excluding hydrogens is 334 g/mol. The first-order chi connectivity index (χ1) is 12.1. The van der Waals surface area contributed by atoms with Gasteiger partial charge in [0.1, 0.15) is 5.82 Å². The third kappa shape index (κ3) is 3.33. The molecule has 1 aromatic carbocycles. The molecule has 1 atom stereocenters. The number of thioether (sulfide) groups is 1. The van der Waals surface area contributed by atoms with Crippen LogP contribution >= 0.6 is 11.8 Å². The Bertz CT molecular complexity index is 853. The lowest BCUT2D eigenvalue weighted by atomic mass is 10.2. The molecule has 4 rings (SSSR count). The van der Waals surface area contributed by atoms with Gasteiger partial charge in [0.05, 0.1) is 5.25 Å². The largest absolute Gasteiger partial charge is 0.419 e. The standard InChI is InChI=1S/C18H21N5OS/c1-11(2)15-19-22-18(23(15)14-9-10-14)25-12(3)16-20-21-17(24-16)13-7-5-4-6-8-13/h4-8,11-12,14H,9-10H2,1-3H3. The van der Waals surface area contributed by atoms with Gasteiger partial charge in [-0.05, 0) is 31.9 Å². The molecule has 3 aromatic rings. The Labute approximate surface area is 151 Å². The van der Waals surface area contributed by atoms with Gasteiger partial charge in [0.25, 0.3) is 0 Å². The fourth-order valence-electron chi connectivity index (χ4n) is 2.74. The monoisotopic (exact) mass is 355 g/mol. The molecule has 0 amide bonds. The van der Waals surface area contributed by atoms with Crippen molar-refractivity contribution in [3.63, 3.8) is 0 Å². The Kier molecular flexibility index (Phi) is 4.33. The second-order valence-corrected chi connectivity index (χ2v) is 7.98. The van der Waals surface area contributed by atoms with E-state index >= 15 is 0 Å². The normalized spacial score (nSPS) is 15.7. The SMILES string of the molecule is CC(C)c1nnc(SC(C)c2nnc(-c3ccccc3)o2)n1C1CC1. The molecule has 6 nitrogen and oxygen atoms in total. The third-order valence-corrected chi connectivity index (χ3v) is 5.26. The van der Waals surface area contributed by atoms with Gasteiger partial charge in [-0.15, -0.1) is 20.4 Å². The average Bonchev–Trinajstić information content (AvgIpc) is 3.17. The molecule has 0 saturated heterocycles. The van der Waals surface area contributed by atoms with Crippen molar-refractivity contribution in [2.75, 3.05) is 0 Å². The van der Waals surface area contributed by atoms with Gasteiger partial charge in [-0.1, -0.05) is 43.8 Å². The molecule has 25 heavy (non-hydrogen) atoms. The van der Waals surface area contributed by atoms with Gasteiger partial charge in [-0.2, -0.15) is 0 Å². The molecule has 2 aromatic heterocycles. The molecule has 0 N–H and O–H groups in total. The van der Waals surface area contributed by atoms with E-state index in [0.29, 0.717) is 23.7 Å². The highest BCUT2D eigenvalue weighted by Crippen LogP contribution is 2.43. The van der Waals surface area contributed by atoms with Crippen molar-refractivity contribution >= 4 is 11.8 Å². The number of aromatic nitrogens is 5. The van der Waals surface area contributed by atoms with Crippen LogP contribution in [-0.2, 0) is 0 Å². The molecule has 0 spiro atoms. The van der Waals surface area contributed by atoms with Crippen LogP contribution in [-0.4, -0.2) is 25.0 Å². The summed E-state index contributed by atoms with van der Waals surface area (Å²) >= 11 is 1.63. The van der Waals surface area contributed by atoms with Crippen LogP contribution in [0.3, 0.4) is 0 Å². The Morgan fingerprint density at radius 1 is 1.04 bits per heavy atom. The first-order valence-corrected chi connectivity index (χ1v) is 9.51. The minimum Gasteiger partial charge on any atom is -0.419 e. The highest BCUT2D eigenvalue weighted by Gasteiger charge is 2.31. The van der Waals surface area contributed by atoms with Gasteiger partial charge in [0, 0.05) is 17.5 Å². The minimum atomic E-state index is 0.0201. The molecule has 0 radical (unpaired) electrons. The summed E-state index contributed by atoms with van der Waals surface area (Å²) in [7, 11) is 0. The predicted octanol–water partition coefficient (Wildman–Crippen LogP) is 4.64. The lowest BCUT2D eigenvalue weighted by Gasteiger charge is -2.12. The van der Waals surface area contributed by atoms with Gasteiger partial charge in [-0.25, -0.2) is 0 Å². The average molecular weight is 355 g/mol. The van der Waals surface area contributed by atoms with Crippen LogP contribution in [0.2, 0.25) is 0 Å². The van der Waals surface area contributed by atoms with E-state index in [1.54, 1.807) is 11.8 Å². The van der Waals surface area contributed by atoms with Crippen molar-refractivity contribution in [2.24, 2.45) is 0 Å². The minimum absolute atomic E-state index is 0.0201. The van der Waals surface area contributed by atoms with Crippen LogP contribution in [0.5, 0.6) is 0 Å². The van der Waals surface area contributed by atoms with Crippen molar-refractivity contribution in [3.8, 4) is 11.5 Å². The van der Waals surface area contributed by atoms with Crippen LogP contribution in [0.1, 0.15) is 62.5 Å². The summed E-state index contributed by atoms with van der Waals surface area (Å²) < 4.78 is 8.17. The lowest BCUT2D eigenvalue weighted by Crippen LogP contribution is -2.05. The van der Waals surface area contributed by atoms with Gasteiger partial charge in [-0.3, -0.25) is 0 Å². The van der Waals surface area contributed by atoms with E-state index < -0.39 is 0 Å². The molecule has 1 fully saturated rings. The van der Waals surface area contributed by atoms with Gasteiger partial charge < -0.3 is 8.98 Å². The van der Waals surface area contributed by atoms with Crippen molar-refractivity contribution < 1.29 is 4.42 Å². The quantitative estimate of drug-likeness (QED) is 0.600. The second kappa shape index (κ2) is 6.63. The van der Waals surface area contributed by atoms with Gasteiger partial charge in [0.2, 0.25) is 11.8 Å². The van der Waals surface area contributed by atoms with E-state index in [0.717, 1.165) is 16.5 Å². The molecule has 7 heteroatoms. The van der Waals surface area contributed by atoms with Crippen molar-refractivity contribution in [3.05, 3.63) is 42.0 Å². The van der Waals surface area contributed by atoms with Crippen molar-refractivity contribution in [2.45, 2.75) is 56.0 Å². The zero-order chi connectivity index (χ0) is 17.4. The van der Waals surface area contributed by atoms with E-state index in [9.17, 15) is 0 Å². The molecule has 1 aliphatic carbocycles. The van der Waals surface area contributed by atoms with Crippen LogP contribution < -0.4 is 0 Å². The lowest BCUT2D eigenvalue weighted by molar-refractivity contribution is 0.508. The molecule has 1 saturated carbocycles. The molecule has 2 heterocycles. The molecule has 1 unspecified atom stereocenters. The number of hydrogen-bond acceptors (Lipinski definition) is 6. The molecule has 0 aliphatic heterocycles. The van der Waals surface area contributed by atoms with Crippen LogP contribution in [0.15, 0.2) is 39.9 Å². The fraction of sp³-hybridized carbons (Fsp3) is 0.444. The molecule has 1 aliphatic rings. The predicted molar refractivity (Wildman–Crippen MR) is 96.4 cm³/mol. The summed E-state index contributed by atoms with van der Waals surface area (Å²) in [6.07, 6.45) is 2.41. The third-order valence-electron chi connectivity index (χ3n) is 4.21. The molecule has 0 bridgehead atoms. The maximum Gasteiger partial charge on any atom is 0.247 e. The summed E-state index contributed by atoms with van der Waals surface area (Å²) in [4.78, 5) is 0. The Balaban J connectivity index is 1.55. The highest BCUT2D eigenvalue weighted by atomic mass is 32.2. The Morgan fingerprint density at radius 3 is 2.48 bits per heavy atom. The van der Waals surface area contributed by atoms with E-state index in [1.807, 2.05) is 30.3 Å². The second-order valence-electron chi connectivity index (χ2n) is 6.67. The van der Waals surface area contributed by atoms with Crippen LogP contribution in [0.25, 0.3) is 11.5 Å². The number of benzene rings is 1. The first-order valence-electron chi connectivity index (χ1n) is 8.63. The number of nitrogens with zero attached hydrogens (tertiary/aromatic N) is 5. The van der Waals surface area contributed by atoms with E-state index in [1.165, 1.54) is 12.8 Å². The number of hydrogen-bond donors (Lipinski definition) is 0. The van der Waals surface area contributed by atoms with E-state index in [2.05, 4.69) is 45.7 Å². The smallest absolute Gasteiger partial charge is 0.247 e. The summed E-state index contributed by atoms with van der Waals surface area (Å²) in [6, 6.07) is 10.4. The maximum absolute atomic E-state index is 5.87. The molecular formula is C18H21N5OS. The van der Waals surface area contributed by atoms with Crippen LogP contribution in [0, 0.1) is 0 Å². The van der Waals surface area contributed by atoms with Gasteiger partial charge >= 0.3 is 0 Å². The van der Waals surface area contributed by atoms with Crippen molar-refractivity contribution in [1.82, 2.24) is 25.0 Å². The summed E-state index contributed by atoms with van der Waals surface area (Å²) in [5, 5.41) is 18.2. The van der Waals surface area contributed by atoms with Crippen molar-refractivity contribution in [1.29, 1.82) is 0 Å². The summed E-state index contributed by atoms with van der Waals surface area (Å²) in [6.45, 7) is 6.38. The Morgan fingerprint density at radius 2 is 1.80 bits per heavy atom. The zero-order valence-electron chi connectivity index (χ0n) is 14.6.